The molecule has 1 aliphatic rings. The van der Waals surface area contributed by atoms with E-state index < -0.39 is 0 Å². The molecule has 3 heteroatoms. The zero-order chi connectivity index (χ0) is 10.6. The highest BCUT2D eigenvalue weighted by Crippen LogP contribution is 2.08. The third-order valence-corrected chi connectivity index (χ3v) is 2.79. The second-order valence-electron chi connectivity index (χ2n) is 4.62. The van der Waals surface area contributed by atoms with Crippen molar-refractivity contribution in [3.05, 3.63) is 0 Å². The molecule has 0 aromatic heterocycles. The molecule has 14 heavy (non-hydrogen) atoms. The average Bonchev–Trinajstić information content (AvgIpc) is 2.15. The summed E-state index contributed by atoms with van der Waals surface area (Å²) in [4.78, 5) is 16.0. The van der Waals surface area contributed by atoms with Gasteiger partial charge in [0.1, 0.15) is 0 Å². The minimum absolute atomic E-state index is 0.340. The van der Waals surface area contributed by atoms with Crippen molar-refractivity contribution in [3.8, 4) is 0 Å². The summed E-state index contributed by atoms with van der Waals surface area (Å²) in [5.41, 5.74) is 0. The number of amides is 1. The van der Waals surface area contributed by atoms with Crippen LogP contribution in [0.15, 0.2) is 0 Å². The largest absolute Gasteiger partial charge is 0.340 e. The maximum atomic E-state index is 11.7. The van der Waals surface area contributed by atoms with Crippen molar-refractivity contribution in [2.75, 3.05) is 33.2 Å². The van der Waals surface area contributed by atoms with Crippen LogP contribution < -0.4 is 0 Å². The lowest BCUT2D eigenvalue weighted by Gasteiger charge is -2.32. The molecule has 1 heterocycles. The van der Waals surface area contributed by atoms with E-state index in [4.69, 9.17) is 0 Å². The molecule has 0 aliphatic carbocycles. The van der Waals surface area contributed by atoms with E-state index >= 15 is 0 Å². The Hall–Kier alpha value is -0.570. The summed E-state index contributed by atoms with van der Waals surface area (Å²) in [6.07, 6.45) is 1.74. The van der Waals surface area contributed by atoms with Gasteiger partial charge in [0.15, 0.2) is 0 Å². The lowest BCUT2D eigenvalue weighted by molar-refractivity contribution is -0.133. The first-order valence-electron chi connectivity index (χ1n) is 5.56. The van der Waals surface area contributed by atoms with Gasteiger partial charge in [-0.15, -0.1) is 0 Å². The Morgan fingerprint density at radius 1 is 1.21 bits per heavy atom. The lowest BCUT2D eigenvalue weighted by atomic mass is 10.1. The normalized spacial score (nSPS) is 19.0. The van der Waals surface area contributed by atoms with Gasteiger partial charge in [-0.1, -0.05) is 13.8 Å². The van der Waals surface area contributed by atoms with Gasteiger partial charge in [0.25, 0.3) is 0 Å². The number of likely N-dealkylation sites (N-methyl/N-ethyl adjacent to an activating group) is 1. The molecule has 0 radical (unpaired) electrons. The molecule has 0 N–H and O–H groups in total. The van der Waals surface area contributed by atoms with Crippen LogP contribution in [0.25, 0.3) is 0 Å². The van der Waals surface area contributed by atoms with Gasteiger partial charge in [-0.3, -0.25) is 4.79 Å². The fourth-order valence-electron chi connectivity index (χ4n) is 1.63. The van der Waals surface area contributed by atoms with Crippen LogP contribution in [0.2, 0.25) is 0 Å². The summed E-state index contributed by atoms with van der Waals surface area (Å²) in [6.45, 7) is 8.19. The lowest BCUT2D eigenvalue weighted by Crippen LogP contribution is -2.47. The molecule has 0 unspecified atom stereocenters. The summed E-state index contributed by atoms with van der Waals surface area (Å²) in [5, 5.41) is 0. The molecule has 1 rings (SSSR count). The third kappa shape index (κ3) is 3.66. The highest BCUT2D eigenvalue weighted by atomic mass is 16.2. The fourth-order valence-corrected chi connectivity index (χ4v) is 1.63. The molecule has 3 nitrogen and oxygen atoms in total. The van der Waals surface area contributed by atoms with E-state index in [1.807, 2.05) is 4.90 Å². The van der Waals surface area contributed by atoms with Crippen LogP contribution in [0, 0.1) is 5.92 Å². The highest BCUT2D eigenvalue weighted by molar-refractivity contribution is 5.76. The molecule has 1 fully saturated rings. The van der Waals surface area contributed by atoms with E-state index in [0.29, 0.717) is 11.8 Å². The molecule has 0 aromatic carbocycles. The van der Waals surface area contributed by atoms with Crippen molar-refractivity contribution >= 4 is 5.91 Å². The predicted octanol–water partition coefficient (Wildman–Crippen LogP) is 1.20. The zero-order valence-electron chi connectivity index (χ0n) is 9.62. The Morgan fingerprint density at radius 3 is 2.29 bits per heavy atom. The quantitative estimate of drug-likeness (QED) is 0.680. The SMILES string of the molecule is CC(C)CCC(=O)N1CCN(C)CC1. The monoisotopic (exact) mass is 198 g/mol. The van der Waals surface area contributed by atoms with Crippen molar-refractivity contribution in [3.63, 3.8) is 0 Å². The van der Waals surface area contributed by atoms with Gasteiger partial charge in [0.2, 0.25) is 5.91 Å². The van der Waals surface area contributed by atoms with E-state index in [1.54, 1.807) is 0 Å². The Labute approximate surface area is 87.1 Å². The molecule has 82 valence electrons. The Kier molecular flexibility index (Phi) is 4.39. The van der Waals surface area contributed by atoms with E-state index in [9.17, 15) is 4.79 Å². The second kappa shape index (κ2) is 5.35. The van der Waals surface area contributed by atoms with Crippen LogP contribution in [0.4, 0.5) is 0 Å². The maximum Gasteiger partial charge on any atom is 0.222 e. The first-order valence-corrected chi connectivity index (χ1v) is 5.56. The van der Waals surface area contributed by atoms with Crippen molar-refractivity contribution < 1.29 is 4.79 Å². The molecule has 0 spiro atoms. The van der Waals surface area contributed by atoms with Gasteiger partial charge in [0.05, 0.1) is 0 Å². The number of carbonyl (C=O) groups excluding carboxylic acids is 1. The van der Waals surface area contributed by atoms with Gasteiger partial charge in [0, 0.05) is 32.6 Å². The van der Waals surface area contributed by atoms with Gasteiger partial charge in [-0.05, 0) is 19.4 Å². The van der Waals surface area contributed by atoms with Gasteiger partial charge in [-0.25, -0.2) is 0 Å². The Morgan fingerprint density at radius 2 is 1.79 bits per heavy atom. The smallest absolute Gasteiger partial charge is 0.222 e. The van der Waals surface area contributed by atoms with Crippen molar-refractivity contribution in [2.24, 2.45) is 5.92 Å². The Balaban J connectivity index is 2.24. The van der Waals surface area contributed by atoms with E-state index in [2.05, 4.69) is 25.8 Å². The molecule has 1 amide bonds. The molecule has 1 aliphatic heterocycles. The molecule has 0 aromatic rings. The summed E-state index contributed by atoms with van der Waals surface area (Å²) in [7, 11) is 2.11. The minimum atomic E-state index is 0.340. The summed E-state index contributed by atoms with van der Waals surface area (Å²) in [5.74, 6) is 0.971. The fraction of sp³-hybridized carbons (Fsp3) is 0.909. The summed E-state index contributed by atoms with van der Waals surface area (Å²) >= 11 is 0. The van der Waals surface area contributed by atoms with Crippen LogP contribution >= 0.6 is 0 Å². The molecule has 0 atom stereocenters. The van der Waals surface area contributed by atoms with Crippen molar-refractivity contribution in [2.45, 2.75) is 26.7 Å². The standard InChI is InChI=1S/C11H22N2O/c1-10(2)4-5-11(14)13-8-6-12(3)7-9-13/h10H,4-9H2,1-3H3. The molecule has 1 saturated heterocycles. The second-order valence-corrected chi connectivity index (χ2v) is 4.62. The topological polar surface area (TPSA) is 23.6 Å². The van der Waals surface area contributed by atoms with Crippen molar-refractivity contribution in [1.29, 1.82) is 0 Å². The first-order chi connectivity index (χ1) is 6.59. The third-order valence-electron chi connectivity index (χ3n) is 2.79. The molecule has 0 saturated carbocycles. The number of piperazine rings is 1. The number of rotatable bonds is 3. The van der Waals surface area contributed by atoms with Gasteiger partial charge in [-0.2, -0.15) is 0 Å². The number of hydrogen-bond donors (Lipinski definition) is 0. The maximum absolute atomic E-state index is 11.7. The number of carbonyl (C=O) groups is 1. The van der Waals surface area contributed by atoms with Crippen molar-refractivity contribution in [1.82, 2.24) is 9.80 Å². The van der Waals surface area contributed by atoms with Gasteiger partial charge >= 0.3 is 0 Å². The Bertz CT molecular complexity index is 184. The number of nitrogens with zero attached hydrogens (tertiary/aromatic N) is 2. The zero-order valence-corrected chi connectivity index (χ0v) is 9.62. The van der Waals surface area contributed by atoms with E-state index in [-0.39, 0.29) is 0 Å². The minimum Gasteiger partial charge on any atom is -0.340 e. The molecular formula is C11H22N2O. The van der Waals surface area contributed by atoms with Crippen LogP contribution in [0.5, 0.6) is 0 Å². The van der Waals surface area contributed by atoms with Crippen LogP contribution in [-0.2, 0) is 4.79 Å². The first kappa shape index (κ1) is 11.5. The summed E-state index contributed by atoms with van der Waals surface area (Å²) < 4.78 is 0. The van der Waals surface area contributed by atoms with E-state index in [0.717, 1.165) is 39.0 Å². The van der Waals surface area contributed by atoms with Crippen LogP contribution in [-0.4, -0.2) is 48.9 Å². The van der Waals surface area contributed by atoms with E-state index in [1.165, 1.54) is 0 Å². The predicted molar refractivity (Wildman–Crippen MR) is 58.1 cm³/mol. The van der Waals surface area contributed by atoms with Crippen LogP contribution in [0.3, 0.4) is 0 Å². The van der Waals surface area contributed by atoms with Crippen LogP contribution in [0.1, 0.15) is 26.7 Å². The highest BCUT2D eigenvalue weighted by Gasteiger charge is 2.18. The average molecular weight is 198 g/mol. The number of hydrogen-bond acceptors (Lipinski definition) is 2. The molecule has 0 bridgehead atoms. The van der Waals surface area contributed by atoms with Gasteiger partial charge < -0.3 is 9.80 Å². The molecular weight excluding hydrogens is 176 g/mol. The summed E-state index contributed by atoms with van der Waals surface area (Å²) in [6, 6.07) is 0.